The summed E-state index contributed by atoms with van der Waals surface area (Å²) in [6, 6.07) is 0. The van der Waals surface area contributed by atoms with E-state index in [4.69, 9.17) is 0 Å². The van der Waals surface area contributed by atoms with Gasteiger partial charge in [-0.1, -0.05) is 0 Å². The molecule has 0 N–H and O–H groups in total. The van der Waals surface area contributed by atoms with Gasteiger partial charge < -0.3 is 4.57 Å². The number of aromatic nitrogens is 4. The van der Waals surface area contributed by atoms with Crippen molar-refractivity contribution in [1.82, 2.24) is 19.3 Å². The van der Waals surface area contributed by atoms with Gasteiger partial charge in [0.15, 0.2) is 0 Å². The van der Waals surface area contributed by atoms with Crippen LogP contribution in [0.4, 0.5) is 0 Å². The Morgan fingerprint density at radius 3 is 2.67 bits per heavy atom. The molecule has 0 aliphatic rings. The zero-order chi connectivity index (χ0) is 10.8. The minimum atomic E-state index is 0.854. The standard InChI is InChI=1S/C11H16N4/c1-4-15-7-11(5-13-15)6-14-8-12-9(2)10(14)3/h5,7-8H,4,6H2,1-3H3. The normalized spacial score (nSPS) is 10.9. The van der Waals surface area contributed by atoms with Crippen LogP contribution in [0, 0.1) is 13.8 Å². The summed E-state index contributed by atoms with van der Waals surface area (Å²) < 4.78 is 4.08. The van der Waals surface area contributed by atoms with Crippen LogP contribution in [0.5, 0.6) is 0 Å². The smallest absolute Gasteiger partial charge is 0.0954 e. The van der Waals surface area contributed by atoms with Crippen molar-refractivity contribution in [3.63, 3.8) is 0 Å². The van der Waals surface area contributed by atoms with Crippen molar-refractivity contribution in [3.05, 3.63) is 35.7 Å². The lowest BCUT2D eigenvalue weighted by Crippen LogP contribution is -1.99. The molecular formula is C11H16N4. The van der Waals surface area contributed by atoms with Gasteiger partial charge in [0.2, 0.25) is 0 Å². The van der Waals surface area contributed by atoms with Crippen molar-refractivity contribution in [3.8, 4) is 0 Å². The van der Waals surface area contributed by atoms with Crippen LogP contribution < -0.4 is 0 Å². The number of aryl methyl sites for hydroxylation is 2. The maximum atomic E-state index is 4.28. The van der Waals surface area contributed by atoms with E-state index in [1.807, 2.05) is 24.1 Å². The summed E-state index contributed by atoms with van der Waals surface area (Å²) in [6.45, 7) is 7.98. The summed E-state index contributed by atoms with van der Waals surface area (Å²) in [5.41, 5.74) is 3.54. The molecule has 0 aromatic carbocycles. The van der Waals surface area contributed by atoms with Crippen LogP contribution in [0.3, 0.4) is 0 Å². The Labute approximate surface area is 89.6 Å². The molecular weight excluding hydrogens is 188 g/mol. The molecule has 0 unspecified atom stereocenters. The number of imidazole rings is 1. The van der Waals surface area contributed by atoms with Gasteiger partial charge in [0.25, 0.3) is 0 Å². The first-order valence-electron chi connectivity index (χ1n) is 5.20. The lowest BCUT2D eigenvalue weighted by Gasteiger charge is -2.02. The minimum absolute atomic E-state index is 0.854. The van der Waals surface area contributed by atoms with E-state index in [1.54, 1.807) is 0 Å². The van der Waals surface area contributed by atoms with Crippen LogP contribution in [0.15, 0.2) is 18.7 Å². The molecule has 4 heteroatoms. The quantitative estimate of drug-likeness (QED) is 0.763. The molecule has 0 spiro atoms. The number of nitrogens with zero attached hydrogens (tertiary/aromatic N) is 4. The minimum Gasteiger partial charge on any atom is -0.330 e. The monoisotopic (exact) mass is 204 g/mol. The Balaban J connectivity index is 2.18. The first-order chi connectivity index (χ1) is 7.20. The first kappa shape index (κ1) is 9.96. The second-order valence-electron chi connectivity index (χ2n) is 3.75. The SMILES string of the molecule is CCn1cc(Cn2cnc(C)c2C)cn1. The Kier molecular flexibility index (Phi) is 2.58. The van der Waals surface area contributed by atoms with E-state index in [0.717, 1.165) is 18.8 Å². The molecule has 15 heavy (non-hydrogen) atoms. The van der Waals surface area contributed by atoms with Crippen LogP contribution in [0.1, 0.15) is 23.9 Å². The molecule has 2 heterocycles. The third-order valence-electron chi connectivity index (χ3n) is 2.71. The van der Waals surface area contributed by atoms with Crippen molar-refractivity contribution in [2.45, 2.75) is 33.9 Å². The predicted octanol–water partition coefficient (Wildman–Crippen LogP) is 1.76. The maximum Gasteiger partial charge on any atom is 0.0954 e. The maximum absolute atomic E-state index is 4.28. The molecule has 0 atom stereocenters. The molecule has 0 bridgehead atoms. The van der Waals surface area contributed by atoms with Crippen LogP contribution in [0.25, 0.3) is 0 Å². The fraction of sp³-hybridized carbons (Fsp3) is 0.455. The summed E-state index contributed by atoms with van der Waals surface area (Å²) in [6.07, 6.45) is 5.88. The van der Waals surface area contributed by atoms with Gasteiger partial charge in [-0.3, -0.25) is 4.68 Å². The van der Waals surface area contributed by atoms with E-state index in [2.05, 4.69) is 34.7 Å². The summed E-state index contributed by atoms with van der Waals surface area (Å²) in [5.74, 6) is 0. The second-order valence-corrected chi connectivity index (χ2v) is 3.75. The highest BCUT2D eigenvalue weighted by atomic mass is 15.3. The summed E-state index contributed by atoms with van der Waals surface area (Å²) in [5, 5.41) is 4.25. The number of rotatable bonds is 3. The molecule has 2 rings (SSSR count). The van der Waals surface area contributed by atoms with Gasteiger partial charge in [0, 0.05) is 24.0 Å². The zero-order valence-electron chi connectivity index (χ0n) is 9.44. The third-order valence-corrected chi connectivity index (χ3v) is 2.71. The summed E-state index contributed by atoms with van der Waals surface area (Å²) >= 11 is 0. The molecule has 0 aliphatic heterocycles. The van der Waals surface area contributed by atoms with Crippen molar-refractivity contribution >= 4 is 0 Å². The zero-order valence-corrected chi connectivity index (χ0v) is 9.44. The number of hydrogen-bond donors (Lipinski definition) is 0. The molecule has 0 radical (unpaired) electrons. The Hall–Kier alpha value is -1.58. The lowest BCUT2D eigenvalue weighted by molar-refractivity contribution is 0.658. The highest BCUT2D eigenvalue weighted by Gasteiger charge is 2.03. The van der Waals surface area contributed by atoms with E-state index < -0.39 is 0 Å². The van der Waals surface area contributed by atoms with Crippen molar-refractivity contribution in [2.24, 2.45) is 0 Å². The highest BCUT2D eigenvalue weighted by molar-refractivity contribution is 5.12. The van der Waals surface area contributed by atoms with Gasteiger partial charge in [-0.2, -0.15) is 5.10 Å². The Morgan fingerprint density at radius 1 is 1.33 bits per heavy atom. The Bertz CT molecular complexity index is 453. The van der Waals surface area contributed by atoms with Gasteiger partial charge >= 0.3 is 0 Å². The van der Waals surface area contributed by atoms with Crippen molar-refractivity contribution < 1.29 is 0 Å². The van der Waals surface area contributed by atoms with Gasteiger partial charge in [-0.05, 0) is 20.8 Å². The topological polar surface area (TPSA) is 35.6 Å². The van der Waals surface area contributed by atoms with E-state index >= 15 is 0 Å². The van der Waals surface area contributed by atoms with Crippen molar-refractivity contribution in [1.29, 1.82) is 0 Å². The molecule has 0 aliphatic carbocycles. The highest BCUT2D eigenvalue weighted by Crippen LogP contribution is 2.08. The summed E-state index contributed by atoms with van der Waals surface area (Å²) in [7, 11) is 0. The molecule has 0 saturated heterocycles. The third kappa shape index (κ3) is 1.93. The predicted molar refractivity (Wildman–Crippen MR) is 58.7 cm³/mol. The van der Waals surface area contributed by atoms with Gasteiger partial charge in [-0.15, -0.1) is 0 Å². The molecule has 0 amide bonds. The first-order valence-corrected chi connectivity index (χ1v) is 5.20. The average Bonchev–Trinajstić information content (AvgIpc) is 2.80. The average molecular weight is 204 g/mol. The molecule has 80 valence electrons. The van der Waals surface area contributed by atoms with Crippen LogP contribution in [-0.2, 0) is 13.1 Å². The molecule has 0 saturated carbocycles. The largest absolute Gasteiger partial charge is 0.330 e. The van der Waals surface area contributed by atoms with E-state index in [1.165, 1.54) is 11.3 Å². The molecule has 2 aromatic rings. The van der Waals surface area contributed by atoms with Crippen molar-refractivity contribution in [2.75, 3.05) is 0 Å². The molecule has 0 fully saturated rings. The lowest BCUT2D eigenvalue weighted by atomic mass is 10.3. The van der Waals surface area contributed by atoms with Gasteiger partial charge in [-0.25, -0.2) is 4.98 Å². The summed E-state index contributed by atoms with van der Waals surface area (Å²) in [4.78, 5) is 4.28. The fourth-order valence-electron chi connectivity index (χ4n) is 1.56. The van der Waals surface area contributed by atoms with E-state index in [-0.39, 0.29) is 0 Å². The Morgan fingerprint density at radius 2 is 2.13 bits per heavy atom. The van der Waals surface area contributed by atoms with Gasteiger partial charge in [0.05, 0.1) is 24.8 Å². The van der Waals surface area contributed by atoms with E-state index in [0.29, 0.717) is 0 Å². The fourth-order valence-corrected chi connectivity index (χ4v) is 1.56. The molecule has 2 aromatic heterocycles. The van der Waals surface area contributed by atoms with Crippen LogP contribution in [-0.4, -0.2) is 19.3 Å². The van der Waals surface area contributed by atoms with E-state index in [9.17, 15) is 0 Å². The molecule has 4 nitrogen and oxygen atoms in total. The second kappa shape index (κ2) is 3.88. The number of hydrogen-bond acceptors (Lipinski definition) is 2. The van der Waals surface area contributed by atoms with Crippen LogP contribution in [0.2, 0.25) is 0 Å². The van der Waals surface area contributed by atoms with Gasteiger partial charge in [0.1, 0.15) is 0 Å². The van der Waals surface area contributed by atoms with Crippen LogP contribution >= 0.6 is 0 Å².